The van der Waals surface area contributed by atoms with E-state index in [1.807, 2.05) is 0 Å². The van der Waals surface area contributed by atoms with Gasteiger partial charge in [0.25, 0.3) is 5.56 Å². The van der Waals surface area contributed by atoms with Gasteiger partial charge in [-0.15, -0.1) is 0 Å². The van der Waals surface area contributed by atoms with Crippen LogP contribution in [0.5, 0.6) is 5.75 Å². The van der Waals surface area contributed by atoms with Crippen molar-refractivity contribution in [3.8, 4) is 11.8 Å². The summed E-state index contributed by atoms with van der Waals surface area (Å²) in [6, 6.07) is 3.71. The largest absolute Gasteiger partial charge is 0.488 e. The number of aromatic nitrogens is 1. The number of methoxy groups -OCH3 is 1. The topological polar surface area (TPSA) is 121 Å². The number of hydrogen-bond acceptors (Lipinski definition) is 7. The lowest BCUT2D eigenvalue weighted by Gasteiger charge is -2.07. The molecule has 108 valence electrons. The van der Waals surface area contributed by atoms with Crippen molar-refractivity contribution in [1.82, 2.24) is 4.37 Å². The molecular formula is C11H7FN4O4S. The van der Waals surface area contributed by atoms with E-state index < -0.39 is 27.7 Å². The molecule has 0 saturated carbocycles. The minimum Gasteiger partial charge on any atom is -0.488 e. The smallest absolute Gasteiger partial charge is 0.316 e. The number of nitro benzene ring substituents is 1. The lowest BCUT2D eigenvalue weighted by Crippen LogP contribution is -2.03. The van der Waals surface area contributed by atoms with Crippen LogP contribution in [0.3, 0.4) is 0 Å². The number of H-pyrrole nitrogens is 1. The normalized spacial score (nSPS) is 9.95. The number of halogens is 1. The van der Waals surface area contributed by atoms with Crippen LogP contribution in [0.2, 0.25) is 0 Å². The fourth-order valence-corrected chi connectivity index (χ4v) is 2.32. The number of nitrogens with one attached hydrogen (secondary N) is 2. The molecule has 0 bridgehead atoms. The van der Waals surface area contributed by atoms with Crippen LogP contribution in [0.25, 0.3) is 0 Å². The Balaban J connectivity index is 2.49. The maximum absolute atomic E-state index is 13.8. The summed E-state index contributed by atoms with van der Waals surface area (Å²) >= 11 is 0.831. The van der Waals surface area contributed by atoms with Crippen molar-refractivity contribution in [2.24, 2.45) is 0 Å². The zero-order valence-electron chi connectivity index (χ0n) is 10.5. The number of ether oxygens (including phenoxy) is 1. The van der Waals surface area contributed by atoms with Gasteiger partial charge in [-0.3, -0.25) is 19.3 Å². The van der Waals surface area contributed by atoms with E-state index in [0.29, 0.717) is 0 Å². The minimum absolute atomic E-state index is 0.0201. The van der Waals surface area contributed by atoms with E-state index in [-0.39, 0.29) is 16.3 Å². The van der Waals surface area contributed by atoms with Gasteiger partial charge in [-0.25, -0.2) is 4.39 Å². The number of anilines is 2. The summed E-state index contributed by atoms with van der Waals surface area (Å²) in [5.74, 6) is -1.43. The van der Waals surface area contributed by atoms with E-state index >= 15 is 0 Å². The molecule has 21 heavy (non-hydrogen) atoms. The van der Waals surface area contributed by atoms with Crippen molar-refractivity contribution in [1.29, 1.82) is 5.26 Å². The Hall–Kier alpha value is -2.93. The van der Waals surface area contributed by atoms with E-state index in [4.69, 9.17) is 5.26 Å². The molecule has 2 aromatic rings. The number of hydrogen-bond donors (Lipinski definition) is 2. The van der Waals surface area contributed by atoms with Gasteiger partial charge < -0.3 is 10.1 Å². The molecule has 0 radical (unpaired) electrons. The van der Waals surface area contributed by atoms with Crippen molar-refractivity contribution < 1.29 is 14.1 Å². The number of nitriles is 1. The molecule has 0 fully saturated rings. The number of aromatic amines is 1. The molecule has 0 aliphatic heterocycles. The Morgan fingerprint density at radius 3 is 2.86 bits per heavy atom. The fraction of sp³-hybridized carbons (Fsp3) is 0.0909. The summed E-state index contributed by atoms with van der Waals surface area (Å²) in [5.41, 5.74) is -1.32. The fourth-order valence-electron chi connectivity index (χ4n) is 1.61. The lowest BCUT2D eigenvalue weighted by molar-refractivity contribution is -0.385. The molecule has 0 atom stereocenters. The zero-order valence-corrected chi connectivity index (χ0v) is 11.3. The quantitative estimate of drug-likeness (QED) is 0.659. The van der Waals surface area contributed by atoms with Crippen LogP contribution in [-0.2, 0) is 0 Å². The van der Waals surface area contributed by atoms with Gasteiger partial charge in [-0.1, -0.05) is 0 Å². The molecule has 0 aliphatic carbocycles. The SMILES string of the molecule is COc1c(F)cc(Nc2s[nH]c(=O)c2C#N)cc1[N+](=O)[O-]. The highest BCUT2D eigenvalue weighted by Gasteiger charge is 2.22. The van der Waals surface area contributed by atoms with Crippen LogP contribution >= 0.6 is 11.5 Å². The Bertz CT molecular complexity index is 808. The summed E-state index contributed by atoms with van der Waals surface area (Å²) < 4.78 is 20.7. The molecule has 1 aromatic carbocycles. The van der Waals surface area contributed by atoms with Gasteiger partial charge in [0, 0.05) is 17.8 Å². The second-order valence-electron chi connectivity index (χ2n) is 3.74. The first kappa shape index (κ1) is 14.5. The zero-order chi connectivity index (χ0) is 15.6. The van der Waals surface area contributed by atoms with Crippen molar-refractivity contribution in [3.63, 3.8) is 0 Å². The molecule has 0 saturated heterocycles. The number of rotatable bonds is 4. The molecule has 0 aliphatic rings. The third-order valence-corrected chi connectivity index (χ3v) is 3.29. The van der Waals surface area contributed by atoms with Crippen LogP contribution in [0, 0.1) is 27.3 Å². The van der Waals surface area contributed by atoms with E-state index in [9.17, 15) is 19.3 Å². The highest BCUT2D eigenvalue weighted by molar-refractivity contribution is 7.10. The molecule has 1 aromatic heterocycles. The highest BCUT2D eigenvalue weighted by atomic mass is 32.1. The molecule has 0 unspecified atom stereocenters. The Kier molecular flexibility index (Phi) is 3.86. The van der Waals surface area contributed by atoms with Crippen LogP contribution in [0.1, 0.15) is 5.56 Å². The monoisotopic (exact) mass is 310 g/mol. The molecule has 2 N–H and O–H groups in total. The Morgan fingerprint density at radius 1 is 1.57 bits per heavy atom. The van der Waals surface area contributed by atoms with Crippen molar-refractivity contribution in [2.75, 3.05) is 12.4 Å². The van der Waals surface area contributed by atoms with Crippen LogP contribution in [-0.4, -0.2) is 16.4 Å². The molecule has 0 spiro atoms. The second-order valence-corrected chi connectivity index (χ2v) is 4.56. The van der Waals surface area contributed by atoms with Crippen molar-refractivity contribution in [3.05, 3.63) is 44.0 Å². The minimum atomic E-state index is -0.935. The standard InChI is InChI=1S/C11H7FN4O4S/c1-20-9-7(12)2-5(3-8(9)16(18)19)14-11-6(4-13)10(17)15-21-11/h2-3,14H,1H3,(H,15,17). The van der Waals surface area contributed by atoms with Crippen LogP contribution in [0.15, 0.2) is 16.9 Å². The van der Waals surface area contributed by atoms with Crippen molar-refractivity contribution in [2.45, 2.75) is 0 Å². The van der Waals surface area contributed by atoms with Crippen molar-refractivity contribution >= 4 is 27.9 Å². The molecular weight excluding hydrogens is 303 g/mol. The molecule has 2 rings (SSSR count). The first-order chi connectivity index (χ1) is 9.97. The Labute approximate surface area is 120 Å². The summed E-state index contributed by atoms with van der Waals surface area (Å²) in [7, 11) is 1.12. The second kappa shape index (κ2) is 5.59. The van der Waals surface area contributed by atoms with E-state index in [1.165, 1.54) is 0 Å². The number of nitro groups is 1. The van der Waals surface area contributed by atoms with Gasteiger partial charge in [0.15, 0.2) is 11.4 Å². The molecule has 10 heteroatoms. The summed E-state index contributed by atoms with van der Waals surface area (Å²) in [4.78, 5) is 21.4. The van der Waals surface area contributed by atoms with E-state index in [2.05, 4.69) is 14.4 Å². The van der Waals surface area contributed by atoms with Gasteiger partial charge in [-0.05, 0) is 11.5 Å². The van der Waals surface area contributed by atoms with Crippen LogP contribution in [0.4, 0.5) is 20.8 Å². The van der Waals surface area contributed by atoms with Gasteiger partial charge >= 0.3 is 5.69 Å². The maximum Gasteiger partial charge on any atom is 0.316 e. The van der Waals surface area contributed by atoms with E-state index in [1.54, 1.807) is 6.07 Å². The third-order valence-electron chi connectivity index (χ3n) is 2.49. The lowest BCUT2D eigenvalue weighted by atomic mass is 10.2. The Morgan fingerprint density at radius 2 is 2.29 bits per heavy atom. The molecule has 1 heterocycles. The van der Waals surface area contributed by atoms with Gasteiger partial charge in [0.05, 0.1) is 12.0 Å². The summed E-state index contributed by atoms with van der Waals surface area (Å²) in [6.45, 7) is 0. The summed E-state index contributed by atoms with van der Waals surface area (Å²) in [6.07, 6.45) is 0. The molecule has 8 nitrogen and oxygen atoms in total. The van der Waals surface area contributed by atoms with Crippen LogP contribution < -0.4 is 15.6 Å². The molecule has 0 amide bonds. The third kappa shape index (κ3) is 2.67. The van der Waals surface area contributed by atoms with Gasteiger partial charge in [-0.2, -0.15) is 5.26 Å². The maximum atomic E-state index is 13.8. The number of benzene rings is 1. The summed E-state index contributed by atoms with van der Waals surface area (Å²) in [5, 5.41) is 22.5. The average Bonchev–Trinajstić information content (AvgIpc) is 2.78. The van der Waals surface area contributed by atoms with E-state index in [0.717, 1.165) is 30.8 Å². The first-order valence-corrected chi connectivity index (χ1v) is 6.20. The first-order valence-electron chi connectivity index (χ1n) is 5.38. The van der Waals surface area contributed by atoms with Gasteiger partial charge in [0.1, 0.15) is 11.1 Å². The predicted molar refractivity (Wildman–Crippen MR) is 72.5 cm³/mol. The van der Waals surface area contributed by atoms with Gasteiger partial charge in [0.2, 0.25) is 5.75 Å². The number of nitrogens with zero attached hydrogens (tertiary/aromatic N) is 2. The highest BCUT2D eigenvalue weighted by Crippen LogP contribution is 2.34. The predicted octanol–water partition coefficient (Wildman–Crippen LogP) is 2.11. The average molecular weight is 310 g/mol.